The van der Waals surface area contributed by atoms with E-state index in [1.165, 1.54) is 18.9 Å². The molecule has 2 aliphatic heterocycles. The lowest BCUT2D eigenvalue weighted by molar-refractivity contribution is 0.0625. The van der Waals surface area contributed by atoms with Gasteiger partial charge in [0.25, 0.3) is 5.91 Å². The van der Waals surface area contributed by atoms with Gasteiger partial charge in [0.05, 0.1) is 5.56 Å². The SMILES string of the molecule is CCN(C(=O)c1c(F)cccc1Br)C1CC2CCC(C1)N2. The number of halogens is 2. The predicted molar refractivity (Wildman–Crippen MR) is 83.8 cm³/mol. The molecule has 0 aliphatic carbocycles. The zero-order valence-electron chi connectivity index (χ0n) is 12.1. The van der Waals surface area contributed by atoms with Gasteiger partial charge < -0.3 is 10.2 Å². The van der Waals surface area contributed by atoms with E-state index in [0.29, 0.717) is 23.1 Å². The van der Waals surface area contributed by atoms with Crippen LogP contribution in [0.4, 0.5) is 4.39 Å². The highest BCUT2D eigenvalue weighted by atomic mass is 79.9. The van der Waals surface area contributed by atoms with E-state index >= 15 is 0 Å². The Balaban J connectivity index is 1.84. The number of amides is 1. The van der Waals surface area contributed by atoms with Gasteiger partial charge in [-0.25, -0.2) is 4.39 Å². The highest BCUT2D eigenvalue weighted by Crippen LogP contribution is 2.31. The number of piperidine rings is 1. The van der Waals surface area contributed by atoms with Gasteiger partial charge in [-0.2, -0.15) is 0 Å². The molecule has 1 amide bonds. The molecule has 3 rings (SSSR count). The quantitative estimate of drug-likeness (QED) is 0.902. The number of nitrogens with zero attached hydrogens (tertiary/aromatic N) is 1. The van der Waals surface area contributed by atoms with Crippen LogP contribution in [-0.4, -0.2) is 35.5 Å². The maximum Gasteiger partial charge on any atom is 0.258 e. The fourth-order valence-electron chi connectivity index (χ4n) is 3.70. The summed E-state index contributed by atoms with van der Waals surface area (Å²) in [5.41, 5.74) is 0.158. The Kier molecular flexibility index (Phi) is 4.31. The van der Waals surface area contributed by atoms with E-state index in [4.69, 9.17) is 0 Å². The molecule has 3 nitrogen and oxygen atoms in total. The molecule has 2 atom stereocenters. The molecule has 2 unspecified atom stereocenters. The first kappa shape index (κ1) is 15.0. The van der Waals surface area contributed by atoms with E-state index in [-0.39, 0.29) is 17.5 Å². The first-order valence-corrected chi connectivity index (χ1v) is 8.40. The molecule has 2 fully saturated rings. The zero-order valence-corrected chi connectivity index (χ0v) is 13.7. The summed E-state index contributed by atoms with van der Waals surface area (Å²) in [5.74, 6) is -0.654. The van der Waals surface area contributed by atoms with Crippen LogP contribution in [-0.2, 0) is 0 Å². The van der Waals surface area contributed by atoms with E-state index in [2.05, 4.69) is 21.2 Å². The molecule has 0 saturated carbocycles. The fraction of sp³-hybridized carbons (Fsp3) is 0.562. The van der Waals surface area contributed by atoms with Crippen molar-refractivity contribution in [3.63, 3.8) is 0 Å². The Hall–Kier alpha value is -0.940. The standard InChI is InChI=1S/C16H20BrFN2O/c1-2-20(12-8-10-6-7-11(9-12)19-10)16(21)15-13(17)4-3-5-14(15)18/h3-5,10-12,19H,2,6-9H2,1H3. The van der Waals surface area contributed by atoms with Crippen LogP contribution in [0.5, 0.6) is 0 Å². The predicted octanol–water partition coefficient (Wildman–Crippen LogP) is 3.33. The van der Waals surface area contributed by atoms with Crippen LogP contribution in [0.3, 0.4) is 0 Å². The molecule has 1 N–H and O–H groups in total. The molecular formula is C16H20BrFN2O. The van der Waals surface area contributed by atoms with Crippen molar-refractivity contribution in [1.29, 1.82) is 0 Å². The second-order valence-electron chi connectivity index (χ2n) is 5.95. The molecule has 21 heavy (non-hydrogen) atoms. The van der Waals surface area contributed by atoms with Crippen molar-refractivity contribution in [2.24, 2.45) is 0 Å². The van der Waals surface area contributed by atoms with Gasteiger partial charge in [0.1, 0.15) is 5.82 Å². The number of benzene rings is 1. The van der Waals surface area contributed by atoms with Crippen LogP contribution in [0.1, 0.15) is 43.0 Å². The lowest BCUT2D eigenvalue weighted by Crippen LogP contribution is -2.50. The van der Waals surface area contributed by atoms with Gasteiger partial charge in [-0.15, -0.1) is 0 Å². The summed E-state index contributed by atoms with van der Waals surface area (Å²) >= 11 is 3.31. The lowest BCUT2D eigenvalue weighted by Gasteiger charge is -2.37. The van der Waals surface area contributed by atoms with Crippen LogP contribution < -0.4 is 5.32 Å². The first-order chi connectivity index (χ1) is 10.1. The minimum Gasteiger partial charge on any atom is -0.336 e. The summed E-state index contributed by atoms with van der Waals surface area (Å²) < 4.78 is 14.6. The van der Waals surface area contributed by atoms with Gasteiger partial charge in [0, 0.05) is 29.1 Å². The third-order valence-corrected chi connectivity index (χ3v) is 5.33. The van der Waals surface area contributed by atoms with Crippen molar-refractivity contribution in [3.05, 3.63) is 34.1 Å². The Morgan fingerprint density at radius 1 is 1.38 bits per heavy atom. The van der Waals surface area contributed by atoms with Gasteiger partial charge in [-0.3, -0.25) is 4.79 Å². The van der Waals surface area contributed by atoms with Gasteiger partial charge in [-0.1, -0.05) is 6.07 Å². The molecule has 2 bridgehead atoms. The summed E-state index contributed by atoms with van der Waals surface area (Å²) in [7, 11) is 0. The Labute approximate surface area is 133 Å². The van der Waals surface area contributed by atoms with Crippen LogP contribution in [0.25, 0.3) is 0 Å². The van der Waals surface area contributed by atoms with Crippen molar-refractivity contribution in [3.8, 4) is 0 Å². The van der Waals surface area contributed by atoms with Crippen LogP contribution in [0, 0.1) is 5.82 Å². The summed E-state index contributed by atoms with van der Waals surface area (Å²) in [6, 6.07) is 5.91. The van der Waals surface area contributed by atoms with Crippen LogP contribution >= 0.6 is 15.9 Å². The summed E-state index contributed by atoms with van der Waals surface area (Å²) in [6.45, 7) is 2.58. The molecule has 5 heteroatoms. The third-order valence-electron chi connectivity index (χ3n) is 4.67. The van der Waals surface area contributed by atoms with Gasteiger partial charge >= 0.3 is 0 Å². The molecule has 1 aromatic carbocycles. The van der Waals surface area contributed by atoms with Crippen molar-refractivity contribution in [2.45, 2.75) is 50.7 Å². The smallest absolute Gasteiger partial charge is 0.258 e. The van der Waals surface area contributed by atoms with Crippen molar-refractivity contribution < 1.29 is 9.18 Å². The molecular weight excluding hydrogens is 335 g/mol. The lowest BCUT2D eigenvalue weighted by atomic mass is 9.97. The molecule has 0 radical (unpaired) electrons. The summed E-state index contributed by atoms with van der Waals surface area (Å²) in [5, 5.41) is 3.58. The number of hydrogen-bond donors (Lipinski definition) is 1. The molecule has 2 heterocycles. The maximum absolute atomic E-state index is 14.0. The Morgan fingerprint density at radius 2 is 2.05 bits per heavy atom. The Morgan fingerprint density at radius 3 is 2.62 bits per heavy atom. The zero-order chi connectivity index (χ0) is 15.0. The second kappa shape index (κ2) is 6.05. The molecule has 114 valence electrons. The first-order valence-electron chi connectivity index (χ1n) is 7.61. The number of hydrogen-bond acceptors (Lipinski definition) is 2. The minimum absolute atomic E-state index is 0.158. The highest BCUT2D eigenvalue weighted by molar-refractivity contribution is 9.10. The topological polar surface area (TPSA) is 32.3 Å². The minimum atomic E-state index is -0.454. The van der Waals surface area contributed by atoms with Gasteiger partial charge in [0.2, 0.25) is 0 Å². The molecule has 0 spiro atoms. The Bertz CT molecular complexity index is 519. The van der Waals surface area contributed by atoms with Crippen molar-refractivity contribution in [1.82, 2.24) is 10.2 Å². The highest BCUT2D eigenvalue weighted by Gasteiger charge is 2.37. The normalized spacial score (nSPS) is 27.7. The van der Waals surface area contributed by atoms with E-state index in [1.54, 1.807) is 12.1 Å². The summed E-state index contributed by atoms with van der Waals surface area (Å²) in [4.78, 5) is 14.6. The van der Waals surface area contributed by atoms with Crippen LogP contribution in [0.2, 0.25) is 0 Å². The average Bonchev–Trinajstić information content (AvgIpc) is 2.78. The molecule has 0 aromatic heterocycles. The number of rotatable bonds is 3. The van der Waals surface area contributed by atoms with E-state index in [0.717, 1.165) is 12.8 Å². The fourth-order valence-corrected chi connectivity index (χ4v) is 4.21. The molecule has 2 aliphatic rings. The second-order valence-corrected chi connectivity index (χ2v) is 6.81. The van der Waals surface area contributed by atoms with Crippen molar-refractivity contribution >= 4 is 21.8 Å². The number of carbonyl (C=O) groups excluding carboxylic acids is 1. The molecule has 2 saturated heterocycles. The maximum atomic E-state index is 14.0. The monoisotopic (exact) mass is 354 g/mol. The van der Waals surface area contributed by atoms with E-state index in [9.17, 15) is 9.18 Å². The van der Waals surface area contributed by atoms with E-state index < -0.39 is 5.82 Å². The number of carbonyl (C=O) groups is 1. The van der Waals surface area contributed by atoms with Crippen molar-refractivity contribution in [2.75, 3.05) is 6.54 Å². The average molecular weight is 355 g/mol. The van der Waals surface area contributed by atoms with Crippen LogP contribution in [0.15, 0.2) is 22.7 Å². The van der Waals surface area contributed by atoms with Gasteiger partial charge in [0.15, 0.2) is 0 Å². The van der Waals surface area contributed by atoms with Gasteiger partial charge in [-0.05, 0) is 60.7 Å². The number of nitrogens with one attached hydrogen (secondary N) is 1. The largest absolute Gasteiger partial charge is 0.336 e. The van der Waals surface area contributed by atoms with E-state index in [1.807, 2.05) is 11.8 Å². The molecule has 1 aromatic rings. The summed E-state index contributed by atoms with van der Waals surface area (Å²) in [6.07, 6.45) is 4.33. The number of fused-ring (bicyclic) bond motifs is 2. The third kappa shape index (κ3) is 2.86.